The number of nitrogens with two attached hydrogens (primary N) is 1. The molecule has 1 amide bonds. The molecule has 5 heteroatoms. The lowest BCUT2D eigenvalue weighted by molar-refractivity contribution is -0.134. The molecule has 0 bridgehead atoms. The van der Waals surface area contributed by atoms with Gasteiger partial charge in [-0.1, -0.05) is 29.8 Å². The van der Waals surface area contributed by atoms with Crippen molar-refractivity contribution in [1.82, 2.24) is 9.80 Å². The van der Waals surface area contributed by atoms with Crippen molar-refractivity contribution >= 4 is 17.5 Å². The molecule has 1 unspecified atom stereocenters. The van der Waals surface area contributed by atoms with E-state index in [1.165, 1.54) is 0 Å². The van der Waals surface area contributed by atoms with E-state index in [0.29, 0.717) is 18.0 Å². The van der Waals surface area contributed by atoms with Gasteiger partial charge in [0.1, 0.15) is 0 Å². The van der Waals surface area contributed by atoms with Crippen LogP contribution in [0.2, 0.25) is 5.02 Å². The van der Waals surface area contributed by atoms with Gasteiger partial charge >= 0.3 is 0 Å². The van der Waals surface area contributed by atoms with Crippen molar-refractivity contribution in [3.05, 3.63) is 34.9 Å². The van der Waals surface area contributed by atoms with Crippen LogP contribution in [0.25, 0.3) is 0 Å². The molecule has 0 radical (unpaired) electrons. The van der Waals surface area contributed by atoms with E-state index in [1.807, 2.05) is 29.2 Å². The lowest BCUT2D eigenvalue weighted by atomic mass is 10.1. The summed E-state index contributed by atoms with van der Waals surface area (Å²) < 4.78 is 0. The number of carbonyl (C=O) groups excluding carboxylic acids is 1. The van der Waals surface area contributed by atoms with Crippen LogP contribution >= 0.6 is 11.6 Å². The van der Waals surface area contributed by atoms with Crippen LogP contribution in [0.3, 0.4) is 0 Å². The fraction of sp³-hybridized carbons (Fsp3) is 0.500. The summed E-state index contributed by atoms with van der Waals surface area (Å²) in [6, 6.07) is 7.59. The zero-order chi connectivity index (χ0) is 13.8. The highest BCUT2D eigenvalue weighted by Crippen LogP contribution is 2.17. The highest BCUT2D eigenvalue weighted by Gasteiger charge is 2.28. The van der Waals surface area contributed by atoms with Crippen LogP contribution < -0.4 is 5.73 Å². The van der Waals surface area contributed by atoms with Gasteiger partial charge in [-0.05, 0) is 18.7 Å². The lowest BCUT2D eigenvalue weighted by Gasteiger charge is -2.39. The molecule has 1 saturated heterocycles. The standard InChI is InChI=1S/C14H20ClN3O/c1-17-6-7-18(12(9-16)10-17)14(19)8-11-4-2-3-5-13(11)15/h2-5,12H,6-10,16H2,1H3. The number of benzene rings is 1. The normalized spacial score (nSPS) is 20.6. The van der Waals surface area contributed by atoms with E-state index >= 15 is 0 Å². The fourth-order valence-electron chi connectivity index (χ4n) is 2.45. The molecule has 2 N–H and O–H groups in total. The minimum atomic E-state index is 0.105. The molecule has 1 heterocycles. The Hall–Kier alpha value is -1.10. The molecule has 19 heavy (non-hydrogen) atoms. The Morgan fingerprint density at radius 3 is 2.84 bits per heavy atom. The minimum Gasteiger partial charge on any atom is -0.336 e. The first-order valence-corrected chi connectivity index (χ1v) is 6.91. The van der Waals surface area contributed by atoms with E-state index < -0.39 is 0 Å². The molecule has 1 aliphatic heterocycles. The zero-order valence-electron chi connectivity index (χ0n) is 11.2. The minimum absolute atomic E-state index is 0.105. The van der Waals surface area contributed by atoms with Gasteiger partial charge in [0.25, 0.3) is 0 Å². The molecule has 1 aliphatic rings. The van der Waals surface area contributed by atoms with Gasteiger partial charge in [0, 0.05) is 31.2 Å². The summed E-state index contributed by atoms with van der Waals surface area (Å²) in [7, 11) is 2.05. The number of likely N-dealkylation sites (N-methyl/N-ethyl adjacent to an activating group) is 1. The maximum Gasteiger partial charge on any atom is 0.227 e. The third-order valence-corrected chi connectivity index (χ3v) is 3.95. The van der Waals surface area contributed by atoms with Crippen molar-refractivity contribution in [3.63, 3.8) is 0 Å². The molecule has 0 saturated carbocycles. The van der Waals surface area contributed by atoms with Gasteiger partial charge in [-0.25, -0.2) is 0 Å². The Balaban J connectivity index is 2.05. The molecule has 0 spiro atoms. The summed E-state index contributed by atoms with van der Waals surface area (Å²) in [6.45, 7) is 2.97. The van der Waals surface area contributed by atoms with Crippen LogP contribution in [0.15, 0.2) is 24.3 Å². The van der Waals surface area contributed by atoms with Crippen LogP contribution in [0.5, 0.6) is 0 Å². The Bertz CT molecular complexity index is 452. The maximum absolute atomic E-state index is 12.4. The summed E-state index contributed by atoms with van der Waals surface area (Å²) in [5.41, 5.74) is 6.65. The van der Waals surface area contributed by atoms with E-state index in [9.17, 15) is 4.79 Å². The van der Waals surface area contributed by atoms with Gasteiger partial charge in [-0.15, -0.1) is 0 Å². The van der Waals surface area contributed by atoms with E-state index in [1.54, 1.807) is 0 Å². The van der Waals surface area contributed by atoms with Crippen LogP contribution in [0.4, 0.5) is 0 Å². The SMILES string of the molecule is CN1CCN(C(=O)Cc2ccccc2Cl)C(CN)C1. The van der Waals surface area contributed by atoms with Crippen molar-refractivity contribution in [3.8, 4) is 0 Å². The molecule has 1 fully saturated rings. The molecular weight excluding hydrogens is 262 g/mol. The summed E-state index contributed by atoms with van der Waals surface area (Å²) in [6.07, 6.45) is 0.347. The van der Waals surface area contributed by atoms with Gasteiger partial charge in [0.05, 0.1) is 12.5 Å². The molecule has 104 valence electrons. The number of rotatable bonds is 3. The highest BCUT2D eigenvalue weighted by molar-refractivity contribution is 6.31. The second-order valence-electron chi connectivity index (χ2n) is 5.01. The molecule has 0 aliphatic carbocycles. The number of nitrogens with zero attached hydrogens (tertiary/aromatic N) is 2. The monoisotopic (exact) mass is 281 g/mol. The van der Waals surface area contributed by atoms with Gasteiger partial charge in [-0.2, -0.15) is 0 Å². The third kappa shape index (κ3) is 3.47. The van der Waals surface area contributed by atoms with Gasteiger partial charge in [-0.3, -0.25) is 4.79 Å². The number of hydrogen-bond acceptors (Lipinski definition) is 3. The number of amides is 1. The Labute approximate surface area is 119 Å². The first kappa shape index (κ1) is 14.3. The van der Waals surface area contributed by atoms with Crippen molar-refractivity contribution in [1.29, 1.82) is 0 Å². The molecule has 0 aromatic heterocycles. The van der Waals surface area contributed by atoms with E-state index in [0.717, 1.165) is 25.2 Å². The first-order valence-electron chi connectivity index (χ1n) is 6.53. The molecule has 2 rings (SSSR count). The largest absolute Gasteiger partial charge is 0.336 e. The number of piperazine rings is 1. The summed E-state index contributed by atoms with van der Waals surface area (Å²) in [5, 5.41) is 0.647. The maximum atomic E-state index is 12.4. The highest BCUT2D eigenvalue weighted by atomic mass is 35.5. The summed E-state index contributed by atoms with van der Waals surface area (Å²) >= 11 is 6.10. The van der Waals surface area contributed by atoms with E-state index in [4.69, 9.17) is 17.3 Å². The van der Waals surface area contributed by atoms with E-state index in [-0.39, 0.29) is 11.9 Å². The zero-order valence-corrected chi connectivity index (χ0v) is 11.9. The van der Waals surface area contributed by atoms with Gasteiger partial charge < -0.3 is 15.5 Å². The lowest BCUT2D eigenvalue weighted by Crippen LogP contribution is -2.57. The van der Waals surface area contributed by atoms with Crippen LogP contribution in [0, 0.1) is 0 Å². The molecule has 1 atom stereocenters. The Morgan fingerprint density at radius 2 is 2.16 bits per heavy atom. The predicted octanol–water partition coefficient (Wildman–Crippen LogP) is 0.984. The Kier molecular flexibility index (Phi) is 4.80. The third-order valence-electron chi connectivity index (χ3n) is 3.58. The number of carbonyl (C=O) groups is 1. The van der Waals surface area contributed by atoms with Crippen LogP contribution in [-0.4, -0.2) is 55.0 Å². The second-order valence-corrected chi connectivity index (χ2v) is 5.41. The van der Waals surface area contributed by atoms with Crippen LogP contribution in [-0.2, 0) is 11.2 Å². The predicted molar refractivity (Wildman–Crippen MR) is 77.2 cm³/mol. The second kappa shape index (κ2) is 6.37. The number of halogens is 1. The molecule has 1 aromatic rings. The quantitative estimate of drug-likeness (QED) is 0.899. The van der Waals surface area contributed by atoms with Crippen molar-refractivity contribution in [2.75, 3.05) is 33.2 Å². The van der Waals surface area contributed by atoms with Gasteiger partial charge in [0.2, 0.25) is 5.91 Å². The average molecular weight is 282 g/mol. The molecule has 4 nitrogen and oxygen atoms in total. The van der Waals surface area contributed by atoms with Crippen LogP contribution in [0.1, 0.15) is 5.56 Å². The average Bonchev–Trinajstić information content (AvgIpc) is 2.41. The first-order chi connectivity index (χ1) is 9.11. The van der Waals surface area contributed by atoms with Crippen molar-refractivity contribution in [2.24, 2.45) is 5.73 Å². The fourth-order valence-corrected chi connectivity index (χ4v) is 2.65. The van der Waals surface area contributed by atoms with Gasteiger partial charge in [0.15, 0.2) is 0 Å². The summed E-state index contributed by atoms with van der Waals surface area (Å²) in [5.74, 6) is 0.108. The van der Waals surface area contributed by atoms with Crippen molar-refractivity contribution < 1.29 is 4.79 Å². The molecular formula is C14H20ClN3O. The molecule has 1 aromatic carbocycles. The van der Waals surface area contributed by atoms with Crippen molar-refractivity contribution in [2.45, 2.75) is 12.5 Å². The number of hydrogen-bond donors (Lipinski definition) is 1. The summed E-state index contributed by atoms with van der Waals surface area (Å²) in [4.78, 5) is 16.5. The topological polar surface area (TPSA) is 49.6 Å². The van der Waals surface area contributed by atoms with E-state index in [2.05, 4.69) is 11.9 Å². The Morgan fingerprint density at radius 1 is 1.42 bits per heavy atom. The smallest absolute Gasteiger partial charge is 0.227 e.